The predicted molar refractivity (Wildman–Crippen MR) is 75.8 cm³/mol. The van der Waals surface area contributed by atoms with Gasteiger partial charge in [-0.05, 0) is 25.1 Å². The van der Waals surface area contributed by atoms with E-state index < -0.39 is 0 Å². The number of benzene rings is 1. The van der Waals surface area contributed by atoms with Crippen LogP contribution in [0.5, 0.6) is 0 Å². The minimum absolute atomic E-state index is 0.762. The number of aryl methyl sites for hydroxylation is 1. The Hall–Kier alpha value is -2.40. The van der Waals surface area contributed by atoms with Crippen LogP contribution in [-0.2, 0) is 13.1 Å². The normalized spacial score (nSPS) is 13.7. The third-order valence-electron chi connectivity index (χ3n) is 3.62. The zero-order valence-corrected chi connectivity index (χ0v) is 11.1. The van der Waals surface area contributed by atoms with Gasteiger partial charge in [-0.3, -0.25) is 9.97 Å². The van der Waals surface area contributed by atoms with Crippen molar-refractivity contribution in [3.8, 4) is 11.4 Å². The summed E-state index contributed by atoms with van der Waals surface area (Å²) in [5.74, 6) is 0.762. The average Bonchev–Trinajstić information content (AvgIpc) is 2.96. The molecule has 0 amide bonds. The lowest BCUT2D eigenvalue weighted by atomic mass is 10.1. The molecule has 0 spiro atoms. The van der Waals surface area contributed by atoms with Crippen molar-refractivity contribution in [3.63, 3.8) is 0 Å². The molecule has 1 aromatic carbocycles. The van der Waals surface area contributed by atoms with Crippen LogP contribution >= 0.6 is 0 Å². The molecule has 3 heterocycles. The summed E-state index contributed by atoms with van der Waals surface area (Å²) in [6.45, 7) is 3.72. The average molecular weight is 263 g/mol. The van der Waals surface area contributed by atoms with E-state index in [9.17, 15) is 0 Å². The van der Waals surface area contributed by atoms with Gasteiger partial charge in [0, 0.05) is 42.3 Å². The van der Waals surface area contributed by atoms with Gasteiger partial charge in [-0.1, -0.05) is 0 Å². The first-order valence-electron chi connectivity index (χ1n) is 6.59. The van der Waals surface area contributed by atoms with E-state index in [0.29, 0.717) is 0 Å². The predicted octanol–water partition coefficient (Wildman–Crippen LogP) is 2.00. The first kappa shape index (κ1) is 11.4. The molecule has 5 heteroatoms. The summed E-state index contributed by atoms with van der Waals surface area (Å²) < 4.78 is 0. The van der Waals surface area contributed by atoms with Gasteiger partial charge in [-0.15, -0.1) is 0 Å². The van der Waals surface area contributed by atoms with Crippen LogP contribution in [0.25, 0.3) is 22.4 Å². The fourth-order valence-corrected chi connectivity index (χ4v) is 2.57. The molecule has 0 unspecified atom stereocenters. The lowest BCUT2D eigenvalue weighted by Gasteiger charge is -2.07. The largest absolute Gasteiger partial charge is 0.307 e. The quantitative estimate of drug-likeness (QED) is 0.727. The highest BCUT2D eigenvalue weighted by Gasteiger charge is 2.17. The Balaban J connectivity index is 1.88. The Labute approximate surface area is 116 Å². The summed E-state index contributed by atoms with van der Waals surface area (Å²) in [4.78, 5) is 17.9. The fraction of sp³-hybridized carbons (Fsp3) is 0.200. The molecule has 4 rings (SSSR count). The summed E-state index contributed by atoms with van der Waals surface area (Å²) in [5.41, 5.74) is 6.12. The van der Waals surface area contributed by atoms with E-state index in [1.807, 2.05) is 25.1 Å². The number of hydrogen-bond donors (Lipinski definition) is 1. The van der Waals surface area contributed by atoms with Crippen molar-refractivity contribution in [2.24, 2.45) is 0 Å². The Bertz CT molecular complexity index is 812. The second-order valence-corrected chi connectivity index (χ2v) is 4.92. The highest BCUT2D eigenvalue weighted by Crippen LogP contribution is 2.23. The second-order valence-electron chi connectivity index (χ2n) is 4.92. The van der Waals surface area contributed by atoms with Crippen LogP contribution in [0.3, 0.4) is 0 Å². The molecule has 0 saturated carbocycles. The van der Waals surface area contributed by atoms with Gasteiger partial charge in [-0.25, -0.2) is 9.97 Å². The van der Waals surface area contributed by atoms with Gasteiger partial charge in [0.15, 0.2) is 5.82 Å². The zero-order chi connectivity index (χ0) is 13.5. The fourth-order valence-electron chi connectivity index (χ4n) is 2.57. The molecule has 1 aliphatic rings. The van der Waals surface area contributed by atoms with Crippen LogP contribution in [-0.4, -0.2) is 19.9 Å². The molecular formula is C15H13N5. The third-order valence-corrected chi connectivity index (χ3v) is 3.62. The maximum absolute atomic E-state index is 4.67. The third kappa shape index (κ3) is 1.75. The smallest absolute Gasteiger partial charge is 0.159 e. The molecule has 0 fully saturated rings. The highest BCUT2D eigenvalue weighted by molar-refractivity contribution is 5.79. The number of aromatic nitrogens is 4. The Morgan fingerprint density at radius 3 is 2.75 bits per heavy atom. The lowest BCUT2D eigenvalue weighted by Crippen LogP contribution is -2.00. The first-order valence-corrected chi connectivity index (χ1v) is 6.59. The summed E-state index contributed by atoms with van der Waals surface area (Å²) in [6.07, 6.45) is 3.40. The number of nitrogens with one attached hydrogen (secondary N) is 1. The van der Waals surface area contributed by atoms with E-state index in [1.54, 1.807) is 12.4 Å². The molecule has 0 atom stereocenters. The van der Waals surface area contributed by atoms with Gasteiger partial charge in [0.05, 0.1) is 16.7 Å². The Morgan fingerprint density at radius 1 is 1.00 bits per heavy atom. The highest BCUT2D eigenvalue weighted by atomic mass is 15.0. The lowest BCUT2D eigenvalue weighted by molar-refractivity contribution is 0.757. The van der Waals surface area contributed by atoms with E-state index in [1.165, 1.54) is 5.56 Å². The molecule has 0 saturated heterocycles. The summed E-state index contributed by atoms with van der Waals surface area (Å²) in [6, 6.07) is 5.95. The van der Waals surface area contributed by atoms with Gasteiger partial charge >= 0.3 is 0 Å². The molecular weight excluding hydrogens is 250 g/mol. The molecule has 3 aromatic rings. The van der Waals surface area contributed by atoms with Crippen LogP contribution in [0.1, 0.15) is 17.0 Å². The van der Waals surface area contributed by atoms with Gasteiger partial charge < -0.3 is 5.32 Å². The van der Waals surface area contributed by atoms with Gasteiger partial charge in [0.25, 0.3) is 0 Å². The van der Waals surface area contributed by atoms with Crippen molar-refractivity contribution in [1.82, 2.24) is 25.3 Å². The maximum atomic E-state index is 4.67. The van der Waals surface area contributed by atoms with Crippen molar-refractivity contribution >= 4 is 11.0 Å². The molecule has 20 heavy (non-hydrogen) atoms. The van der Waals surface area contributed by atoms with E-state index in [0.717, 1.165) is 46.9 Å². The summed E-state index contributed by atoms with van der Waals surface area (Å²) in [7, 11) is 0. The number of hydrogen-bond acceptors (Lipinski definition) is 5. The monoisotopic (exact) mass is 263 g/mol. The first-order chi connectivity index (χ1) is 9.81. The maximum Gasteiger partial charge on any atom is 0.159 e. The van der Waals surface area contributed by atoms with Crippen molar-refractivity contribution in [2.75, 3.05) is 0 Å². The zero-order valence-electron chi connectivity index (χ0n) is 11.1. The molecule has 0 radical (unpaired) electrons. The molecule has 1 aliphatic heterocycles. The van der Waals surface area contributed by atoms with E-state index in [-0.39, 0.29) is 0 Å². The molecule has 1 N–H and O–H groups in total. The Kier molecular flexibility index (Phi) is 2.47. The number of nitrogens with zero attached hydrogens (tertiary/aromatic N) is 4. The van der Waals surface area contributed by atoms with Crippen LogP contribution in [0.2, 0.25) is 0 Å². The molecule has 2 aromatic heterocycles. The van der Waals surface area contributed by atoms with Crippen LogP contribution in [0.4, 0.5) is 0 Å². The van der Waals surface area contributed by atoms with Crippen LogP contribution in [0, 0.1) is 6.92 Å². The molecule has 0 bridgehead atoms. The van der Waals surface area contributed by atoms with E-state index >= 15 is 0 Å². The molecule has 98 valence electrons. The molecule has 5 nitrogen and oxygen atoms in total. The SMILES string of the molecule is Cc1nc(-c2ccc3nccnc3c2)nc2c1CNC2. The summed E-state index contributed by atoms with van der Waals surface area (Å²) >= 11 is 0. The standard InChI is InChI=1S/C15H13N5/c1-9-11-7-16-8-14(11)20-15(19-9)10-2-3-12-13(6-10)18-5-4-17-12/h2-6,16H,7-8H2,1H3. The number of rotatable bonds is 1. The Morgan fingerprint density at radius 2 is 1.85 bits per heavy atom. The van der Waals surface area contributed by atoms with Gasteiger partial charge in [0.2, 0.25) is 0 Å². The minimum Gasteiger partial charge on any atom is -0.307 e. The van der Waals surface area contributed by atoms with Crippen LogP contribution < -0.4 is 5.32 Å². The van der Waals surface area contributed by atoms with Crippen molar-refractivity contribution in [2.45, 2.75) is 20.0 Å². The van der Waals surface area contributed by atoms with Crippen molar-refractivity contribution in [3.05, 3.63) is 47.5 Å². The minimum atomic E-state index is 0.762. The van der Waals surface area contributed by atoms with Crippen LogP contribution in [0.15, 0.2) is 30.6 Å². The van der Waals surface area contributed by atoms with E-state index in [2.05, 4.69) is 25.3 Å². The second kappa shape index (κ2) is 4.31. The molecule has 0 aliphatic carbocycles. The van der Waals surface area contributed by atoms with Crippen molar-refractivity contribution in [1.29, 1.82) is 0 Å². The van der Waals surface area contributed by atoms with E-state index in [4.69, 9.17) is 0 Å². The summed E-state index contributed by atoms with van der Waals surface area (Å²) in [5, 5.41) is 3.31. The topological polar surface area (TPSA) is 63.6 Å². The van der Waals surface area contributed by atoms with Crippen molar-refractivity contribution < 1.29 is 0 Å². The van der Waals surface area contributed by atoms with Gasteiger partial charge in [0.1, 0.15) is 0 Å². The number of fused-ring (bicyclic) bond motifs is 2. The van der Waals surface area contributed by atoms with Gasteiger partial charge in [-0.2, -0.15) is 0 Å².